The zero-order valence-corrected chi connectivity index (χ0v) is 16.9. The fourth-order valence-corrected chi connectivity index (χ4v) is 2.06. The molecule has 0 aliphatic carbocycles. The Kier molecular flexibility index (Phi) is 18.6. The summed E-state index contributed by atoms with van der Waals surface area (Å²) in [5.41, 5.74) is 2.15. The van der Waals surface area contributed by atoms with Crippen molar-refractivity contribution in [3.63, 3.8) is 0 Å². The Morgan fingerprint density at radius 2 is 1.68 bits per heavy atom. The predicted octanol–water partition coefficient (Wildman–Crippen LogP) is 6.04. The van der Waals surface area contributed by atoms with Crippen LogP contribution in [0.5, 0.6) is 0 Å². The molecule has 4 heteroatoms. The highest BCUT2D eigenvalue weighted by Crippen LogP contribution is 2.08. The third-order valence-electron chi connectivity index (χ3n) is 3.10. The highest BCUT2D eigenvalue weighted by molar-refractivity contribution is 5.78. The van der Waals surface area contributed by atoms with E-state index in [1.807, 2.05) is 45.0 Å². The summed E-state index contributed by atoms with van der Waals surface area (Å²) in [6.45, 7) is 11.6. The van der Waals surface area contributed by atoms with Crippen molar-refractivity contribution >= 4 is 23.1 Å². The van der Waals surface area contributed by atoms with E-state index in [1.165, 1.54) is 19.8 Å². The van der Waals surface area contributed by atoms with Crippen LogP contribution in [0.25, 0.3) is 11.0 Å². The first-order valence-electron chi connectivity index (χ1n) is 9.41. The van der Waals surface area contributed by atoms with Gasteiger partial charge in [0.1, 0.15) is 17.9 Å². The highest BCUT2D eigenvalue weighted by Gasteiger charge is 1.97. The Balaban J connectivity index is 0. The van der Waals surface area contributed by atoms with Gasteiger partial charge < -0.3 is 9.78 Å². The van der Waals surface area contributed by atoms with Crippen LogP contribution in [0.1, 0.15) is 79.0 Å². The number of H-pyrrole nitrogens is 1. The van der Waals surface area contributed by atoms with Crippen molar-refractivity contribution in [1.82, 2.24) is 9.97 Å². The van der Waals surface area contributed by atoms with Crippen LogP contribution in [0.15, 0.2) is 24.3 Å². The number of hydrogen-bond acceptors (Lipinski definition) is 3. The fourth-order valence-electron chi connectivity index (χ4n) is 2.06. The summed E-state index contributed by atoms with van der Waals surface area (Å²) < 4.78 is 0. The molecular formula is C21H36N2O2. The number of ketones is 1. The third kappa shape index (κ3) is 14.1. The van der Waals surface area contributed by atoms with Crippen LogP contribution in [0.4, 0.5) is 0 Å². The van der Waals surface area contributed by atoms with Crippen molar-refractivity contribution in [2.75, 3.05) is 0 Å². The summed E-state index contributed by atoms with van der Waals surface area (Å²) in [5, 5.41) is 0. The quantitative estimate of drug-likeness (QED) is 0.511. The second-order valence-corrected chi connectivity index (χ2v) is 5.32. The normalized spacial score (nSPS) is 8.88. The van der Waals surface area contributed by atoms with Crippen molar-refractivity contribution in [1.29, 1.82) is 0 Å². The van der Waals surface area contributed by atoms with E-state index in [9.17, 15) is 4.79 Å². The van der Waals surface area contributed by atoms with Gasteiger partial charge in [-0.3, -0.25) is 4.79 Å². The number of nitrogens with zero attached hydrogens (tertiary/aromatic N) is 1. The maximum Gasteiger partial charge on any atom is 0.132 e. The van der Waals surface area contributed by atoms with Crippen molar-refractivity contribution in [3.8, 4) is 0 Å². The molecule has 2 aromatic rings. The fraction of sp³-hybridized carbons (Fsp3) is 0.571. The molecule has 0 aliphatic rings. The van der Waals surface area contributed by atoms with Gasteiger partial charge in [0.05, 0.1) is 11.0 Å². The first-order valence-corrected chi connectivity index (χ1v) is 9.41. The topological polar surface area (TPSA) is 62.8 Å². The van der Waals surface area contributed by atoms with Crippen molar-refractivity contribution in [2.24, 2.45) is 0 Å². The zero-order chi connectivity index (χ0) is 19.5. The third-order valence-corrected chi connectivity index (χ3v) is 3.10. The lowest BCUT2D eigenvalue weighted by Crippen LogP contribution is -1.95. The molecule has 142 valence electrons. The molecule has 0 radical (unpaired) electrons. The predicted molar refractivity (Wildman–Crippen MR) is 108 cm³/mol. The molecule has 0 unspecified atom stereocenters. The van der Waals surface area contributed by atoms with Gasteiger partial charge in [-0.25, -0.2) is 4.98 Å². The molecular weight excluding hydrogens is 312 g/mol. The minimum Gasteiger partial charge on any atom is -0.342 e. The number of aldehydes is 1. The van der Waals surface area contributed by atoms with Crippen LogP contribution < -0.4 is 0 Å². The maximum atomic E-state index is 10.9. The number of aromatic amines is 1. The average molecular weight is 349 g/mol. The Morgan fingerprint density at radius 3 is 2.20 bits per heavy atom. The van der Waals surface area contributed by atoms with E-state index < -0.39 is 0 Å². The number of Topliss-reactive ketones (excluding diaryl/α,β-unsaturated/α-hetero) is 1. The maximum absolute atomic E-state index is 10.9. The lowest BCUT2D eigenvalue weighted by molar-refractivity contribution is -0.119. The van der Waals surface area contributed by atoms with Crippen molar-refractivity contribution in [3.05, 3.63) is 30.1 Å². The molecule has 0 spiro atoms. The lowest BCUT2D eigenvalue weighted by Gasteiger charge is -1.96. The molecule has 4 nitrogen and oxygen atoms in total. The number of aryl methyl sites for hydroxylation is 1. The van der Waals surface area contributed by atoms with E-state index >= 15 is 0 Å². The highest BCUT2D eigenvalue weighted by atomic mass is 16.1. The number of imidazole rings is 1. The molecule has 0 bridgehead atoms. The minimum absolute atomic E-state index is 0.441. The van der Waals surface area contributed by atoms with Crippen LogP contribution in [0.2, 0.25) is 0 Å². The van der Waals surface area contributed by atoms with Crippen molar-refractivity contribution in [2.45, 2.75) is 80.1 Å². The summed E-state index contributed by atoms with van der Waals surface area (Å²) in [6.07, 6.45) is 6.85. The van der Waals surface area contributed by atoms with E-state index in [-0.39, 0.29) is 0 Å². The number of rotatable bonds is 6. The molecule has 0 fully saturated rings. The number of para-hydroxylation sites is 2. The zero-order valence-electron chi connectivity index (χ0n) is 16.9. The largest absolute Gasteiger partial charge is 0.342 e. The SMILES string of the molecule is CC.CC=O.CCCCCC(=O)CCC.Cc1nc2ccccc2[nH]1. The number of hydrogen-bond donors (Lipinski definition) is 1. The van der Waals surface area contributed by atoms with E-state index in [2.05, 4.69) is 23.8 Å². The number of benzene rings is 1. The molecule has 0 atom stereocenters. The number of nitrogens with one attached hydrogen (secondary N) is 1. The van der Waals surface area contributed by atoms with Gasteiger partial charge in [-0.2, -0.15) is 0 Å². The summed E-state index contributed by atoms with van der Waals surface area (Å²) in [7, 11) is 0. The average Bonchev–Trinajstić information content (AvgIpc) is 2.98. The van der Waals surface area contributed by atoms with E-state index in [0.717, 1.165) is 48.8 Å². The molecule has 0 saturated heterocycles. The van der Waals surface area contributed by atoms with Crippen molar-refractivity contribution < 1.29 is 9.59 Å². The Hall–Kier alpha value is -1.97. The number of carbonyl (C=O) groups is 2. The summed E-state index contributed by atoms with van der Waals surface area (Å²) >= 11 is 0. The number of unbranched alkanes of at least 4 members (excludes halogenated alkanes) is 2. The minimum atomic E-state index is 0.441. The monoisotopic (exact) mass is 348 g/mol. The summed E-state index contributed by atoms with van der Waals surface area (Å²) in [6, 6.07) is 8.01. The Morgan fingerprint density at radius 1 is 1.08 bits per heavy atom. The number of fused-ring (bicyclic) bond motifs is 1. The van der Waals surface area contributed by atoms with E-state index in [1.54, 1.807) is 0 Å². The van der Waals surface area contributed by atoms with Gasteiger partial charge in [0, 0.05) is 12.8 Å². The first kappa shape index (κ1) is 25.3. The van der Waals surface area contributed by atoms with Gasteiger partial charge in [-0.1, -0.05) is 52.7 Å². The Labute approximate surface area is 153 Å². The molecule has 1 heterocycles. The Bertz CT molecular complexity index is 529. The second-order valence-electron chi connectivity index (χ2n) is 5.32. The summed E-state index contributed by atoms with van der Waals surface area (Å²) in [5.74, 6) is 1.41. The van der Waals surface area contributed by atoms with E-state index in [0.29, 0.717) is 5.78 Å². The van der Waals surface area contributed by atoms with Crippen LogP contribution in [-0.2, 0) is 9.59 Å². The molecule has 0 amide bonds. The molecule has 1 aromatic carbocycles. The van der Waals surface area contributed by atoms with Gasteiger partial charge in [-0.05, 0) is 38.8 Å². The van der Waals surface area contributed by atoms with Gasteiger partial charge in [-0.15, -0.1) is 0 Å². The molecule has 1 aromatic heterocycles. The van der Waals surface area contributed by atoms with Gasteiger partial charge >= 0.3 is 0 Å². The molecule has 0 aliphatic heterocycles. The van der Waals surface area contributed by atoms with Gasteiger partial charge in [0.2, 0.25) is 0 Å². The molecule has 0 saturated carbocycles. The van der Waals surface area contributed by atoms with Crippen LogP contribution in [-0.4, -0.2) is 22.0 Å². The standard InChI is InChI=1S/C9H18O.C8H8N2.C2H4O.C2H6/c1-3-5-6-8-9(10)7-4-2;1-6-9-7-4-2-3-5-8(7)10-6;1-2-3;1-2/h3-8H2,1-2H3;2-5H,1H3,(H,9,10);2H,1H3;1-2H3. The number of aromatic nitrogens is 2. The second kappa shape index (κ2) is 18.4. The summed E-state index contributed by atoms with van der Waals surface area (Å²) in [4.78, 5) is 27.1. The molecule has 25 heavy (non-hydrogen) atoms. The van der Waals surface area contributed by atoms with Crippen LogP contribution in [0.3, 0.4) is 0 Å². The van der Waals surface area contributed by atoms with Gasteiger partial charge in [0.25, 0.3) is 0 Å². The molecule has 2 rings (SSSR count). The van der Waals surface area contributed by atoms with Gasteiger partial charge in [0.15, 0.2) is 0 Å². The molecule has 1 N–H and O–H groups in total. The van der Waals surface area contributed by atoms with E-state index in [4.69, 9.17) is 4.79 Å². The number of carbonyl (C=O) groups excluding carboxylic acids is 2. The van der Waals surface area contributed by atoms with Crippen LogP contribution in [0, 0.1) is 6.92 Å². The lowest BCUT2D eigenvalue weighted by atomic mass is 10.1. The smallest absolute Gasteiger partial charge is 0.132 e. The van der Waals surface area contributed by atoms with Crippen LogP contribution >= 0.6 is 0 Å². The first-order chi connectivity index (χ1) is 12.1.